The van der Waals surface area contributed by atoms with Gasteiger partial charge < -0.3 is 4.74 Å². The van der Waals surface area contributed by atoms with Gasteiger partial charge in [0.2, 0.25) is 0 Å². The fourth-order valence-electron chi connectivity index (χ4n) is 2.23. The molecule has 1 aliphatic rings. The Balaban J connectivity index is 1.71. The number of ether oxygens (including phenoxy) is 1. The molecule has 4 heteroatoms. The summed E-state index contributed by atoms with van der Waals surface area (Å²) < 4.78 is 31.4. The summed E-state index contributed by atoms with van der Waals surface area (Å²) in [5.41, 5.74) is 1.12. The maximum atomic E-state index is 13.5. The predicted octanol–water partition coefficient (Wildman–Crippen LogP) is 2.94. The van der Waals surface area contributed by atoms with E-state index in [9.17, 15) is 8.60 Å². The van der Waals surface area contributed by atoms with E-state index < -0.39 is 16.6 Å². The molecule has 19 heavy (non-hydrogen) atoms. The van der Waals surface area contributed by atoms with Crippen molar-refractivity contribution in [1.29, 1.82) is 0 Å². The third-order valence-corrected chi connectivity index (χ3v) is 4.63. The van der Waals surface area contributed by atoms with Crippen LogP contribution in [0.4, 0.5) is 4.39 Å². The molecule has 2 nitrogen and oxygen atoms in total. The highest BCUT2D eigenvalue weighted by atomic mass is 32.2. The first-order valence-electron chi connectivity index (χ1n) is 6.11. The van der Waals surface area contributed by atoms with Crippen LogP contribution in [-0.2, 0) is 17.2 Å². The topological polar surface area (TPSA) is 26.3 Å². The van der Waals surface area contributed by atoms with Crippen molar-refractivity contribution in [2.45, 2.75) is 17.4 Å². The molecule has 0 fully saturated rings. The number of para-hydroxylation sites is 1. The second-order valence-corrected chi connectivity index (χ2v) is 5.96. The van der Waals surface area contributed by atoms with E-state index in [4.69, 9.17) is 4.74 Å². The molecule has 2 atom stereocenters. The van der Waals surface area contributed by atoms with Crippen LogP contribution in [0.5, 0.6) is 5.75 Å². The van der Waals surface area contributed by atoms with Crippen molar-refractivity contribution in [3.05, 3.63) is 59.9 Å². The van der Waals surface area contributed by atoms with Gasteiger partial charge in [-0.2, -0.15) is 0 Å². The van der Waals surface area contributed by atoms with E-state index in [1.165, 1.54) is 6.07 Å². The van der Waals surface area contributed by atoms with Crippen LogP contribution in [-0.4, -0.2) is 16.1 Å². The SMILES string of the molecule is O=S(CC1Cc2ccccc2O1)c1ccccc1F. The number of fused-ring (bicyclic) bond motifs is 1. The maximum Gasteiger partial charge on any atom is 0.139 e. The van der Waals surface area contributed by atoms with Gasteiger partial charge in [-0.25, -0.2) is 4.39 Å². The van der Waals surface area contributed by atoms with E-state index in [0.29, 0.717) is 5.75 Å². The molecule has 2 aromatic rings. The minimum Gasteiger partial charge on any atom is -0.489 e. The lowest BCUT2D eigenvalue weighted by molar-refractivity contribution is 0.258. The molecule has 0 aromatic heterocycles. The van der Waals surface area contributed by atoms with Crippen LogP contribution < -0.4 is 4.74 Å². The standard InChI is InChI=1S/C15H13FO2S/c16-13-6-2-4-8-15(13)19(17)10-12-9-11-5-1-3-7-14(11)18-12/h1-8,12H,9-10H2. The molecule has 0 saturated heterocycles. The molecule has 0 aliphatic carbocycles. The van der Waals surface area contributed by atoms with Crippen LogP contribution in [0.3, 0.4) is 0 Å². The summed E-state index contributed by atoms with van der Waals surface area (Å²) in [7, 11) is -1.37. The normalized spacial score (nSPS) is 18.7. The van der Waals surface area contributed by atoms with Crippen molar-refractivity contribution in [3.8, 4) is 5.75 Å². The molecule has 2 aromatic carbocycles. The summed E-state index contributed by atoms with van der Waals surface area (Å²) in [5, 5.41) is 0. The van der Waals surface area contributed by atoms with Crippen LogP contribution >= 0.6 is 0 Å². The fourth-order valence-corrected chi connectivity index (χ4v) is 3.45. The molecule has 2 unspecified atom stereocenters. The van der Waals surface area contributed by atoms with Crippen LogP contribution in [0.2, 0.25) is 0 Å². The number of halogens is 1. The second kappa shape index (κ2) is 5.13. The zero-order valence-electron chi connectivity index (χ0n) is 10.2. The summed E-state index contributed by atoms with van der Waals surface area (Å²) in [6.45, 7) is 0. The summed E-state index contributed by atoms with van der Waals surface area (Å²) in [5.74, 6) is 0.740. The number of benzene rings is 2. The lowest BCUT2D eigenvalue weighted by atomic mass is 10.1. The quantitative estimate of drug-likeness (QED) is 0.861. The van der Waals surface area contributed by atoms with Crippen molar-refractivity contribution in [2.24, 2.45) is 0 Å². The van der Waals surface area contributed by atoms with E-state index in [1.807, 2.05) is 24.3 Å². The summed E-state index contributed by atoms with van der Waals surface area (Å²) in [6, 6.07) is 14.0. The molecule has 98 valence electrons. The highest BCUT2D eigenvalue weighted by Crippen LogP contribution is 2.29. The lowest BCUT2D eigenvalue weighted by Crippen LogP contribution is -2.22. The summed E-state index contributed by atoms with van der Waals surface area (Å²) >= 11 is 0. The van der Waals surface area contributed by atoms with E-state index in [-0.39, 0.29) is 11.0 Å². The third kappa shape index (κ3) is 2.54. The number of rotatable bonds is 3. The van der Waals surface area contributed by atoms with Gasteiger partial charge >= 0.3 is 0 Å². The smallest absolute Gasteiger partial charge is 0.139 e. The van der Waals surface area contributed by atoms with Gasteiger partial charge in [-0.05, 0) is 23.8 Å². The maximum absolute atomic E-state index is 13.5. The Morgan fingerprint density at radius 2 is 1.89 bits per heavy atom. The Bertz CT molecular complexity index is 602. The lowest BCUT2D eigenvalue weighted by Gasteiger charge is -2.10. The molecular formula is C15H13FO2S. The van der Waals surface area contributed by atoms with Crippen LogP contribution in [0.15, 0.2) is 53.4 Å². The van der Waals surface area contributed by atoms with Gasteiger partial charge in [0.05, 0.1) is 21.4 Å². The Morgan fingerprint density at radius 3 is 2.68 bits per heavy atom. The Labute approximate surface area is 113 Å². The average molecular weight is 276 g/mol. The van der Waals surface area contributed by atoms with E-state index >= 15 is 0 Å². The van der Waals surface area contributed by atoms with E-state index in [1.54, 1.807) is 18.2 Å². The first-order valence-corrected chi connectivity index (χ1v) is 7.43. The Morgan fingerprint density at radius 1 is 1.16 bits per heavy atom. The van der Waals surface area contributed by atoms with Crippen molar-refractivity contribution < 1.29 is 13.3 Å². The number of hydrogen-bond donors (Lipinski definition) is 0. The zero-order valence-corrected chi connectivity index (χ0v) is 11.0. The first kappa shape index (κ1) is 12.4. The van der Waals surface area contributed by atoms with Gasteiger partial charge in [0.1, 0.15) is 17.7 Å². The van der Waals surface area contributed by atoms with Crippen molar-refractivity contribution in [3.63, 3.8) is 0 Å². The van der Waals surface area contributed by atoms with Crippen LogP contribution in [0.25, 0.3) is 0 Å². The molecule has 1 aliphatic heterocycles. The van der Waals surface area contributed by atoms with E-state index in [0.717, 1.165) is 17.7 Å². The van der Waals surface area contributed by atoms with Gasteiger partial charge in [-0.15, -0.1) is 0 Å². The first-order chi connectivity index (χ1) is 9.24. The predicted molar refractivity (Wildman–Crippen MR) is 72.2 cm³/mol. The molecule has 0 amide bonds. The van der Waals surface area contributed by atoms with Crippen LogP contribution in [0.1, 0.15) is 5.56 Å². The Kier molecular flexibility index (Phi) is 3.34. The van der Waals surface area contributed by atoms with Crippen molar-refractivity contribution in [1.82, 2.24) is 0 Å². The minimum absolute atomic E-state index is 0.141. The molecule has 0 radical (unpaired) electrons. The summed E-state index contributed by atoms with van der Waals surface area (Å²) in [4.78, 5) is 0.252. The van der Waals surface area contributed by atoms with Crippen molar-refractivity contribution >= 4 is 10.8 Å². The van der Waals surface area contributed by atoms with Gasteiger partial charge in [-0.1, -0.05) is 30.3 Å². The Hall–Kier alpha value is -1.68. The summed E-state index contributed by atoms with van der Waals surface area (Å²) in [6.07, 6.45) is 0.592. The largest absolute Gasteiger partial charge is 0.489 e. The third-order valence-electron chi connectivity index (χ3n) is 3.13. The minimum atomic E-state index is -1.37. The molecular weight excluding hydrogens is 263 g/mol. The van der Waals surface area contributed by atoms with Gasteiger partial charge in [0.25, 0.3) is 0 Å². The second-order valence-electron chi connectivity index (χ2n) is 4.49. The van der Waals surface area contributed by atoms with Crippen LogP contribution in [0, 0.1) is 5.82 Å². The van der Waals surface area contributed by atoms with E-state index in [2.05, 4.69) is 0 Å². The highest BCUT2D eigenvalue weighted by molar-refractivity contribution is 7.85. The van der Waals surface area contributed by atoms with Crippen molar-refractivity contribution in [2.75, 3.05) is 5.75 Å². The number of hydrogen-bond acceptors (Lipinski definition) is 2. The molecule has 0 spiro atoms. The van der Waals surface area contributed by atoms with Gasteiger partial charge in [0, 0.05) is 6.42 Å². The van der Waals surface area contributed by atoms with Gasteiger partial charge in [-0.3, -0.25) is 4.21 Å². The fraction of sp³-hybridized carbons (Fsp3) is 0.200. The zero-order chi connectivity index (χ0) is 13.2. The molecule has 0 N–H and O–H groups in total. The molecule has 1 heterocycles. The molecule has 0 saturated carbocycles. The molecule has 3 rings (SSSR count). The molecule has 0 bridgehead atoms. The highest BCUT2D eigenvalue weighted by Gasteiger charge is 2.25. The average Bonchev–Trinajstić information content (AvgIpc) is 2.81. The monoisotopic (exact) mass is 276 g/mol. The van der Waals surface area contributed by atoms with Gasteiger partial charge in [0.15, 0.2) is 0 Å².